The smallest absolute Gasteiger partial charge is 0.169 e. The van der Waals surface area contributed by atoms with Crippen molar-refractivity contribution in [1.82, 2.24) is 0 Å². The van der Waals surface area contributed by atoms with Crippen LogP contribution in [0.2, 0.25) is 5.02 Å². The van der Waals surface area contributed by atoms with E-state index in [2.05, 4.69) is 0 Å². The van der Waals surface area contributed by atoms with Crippen molar-refractivity contribution in [2.24, 2.45) is 0 Å². The van der Waals surface area contributed by atoms with Gasteiger partial charge < -0.3 is 0 Å². The van der Waals surface area contributed by atoms with E-state index in [4.69, 9.17) is 11.6 Å². The lowest BCUT2D eigenvalue weighted by molar-refractivity contribution is 0.102. The summed E-state index contributed by atoms with van der Waals surface area (Å²) in [6.07, 6.45) is 5.07. The van der Waals surface area contributed by atoms with Crippen LogP contribution in [-0.2, 0) is 0 Å². The maximum absolute atomic E-state index is 11.2. The number of hydrogen-bond acceptors (Lipinski definition) is 2. The predicted molar refractivity (Wildman–Crippen MR) is 60.5 cm³/mol. The Hall–Kier alpha value is -0.340. The fourth-order valence-electron chi connectivity index (χ4n) is 2.02. The third-order valence-electron chi connectivity index (χ3n) is 2.79. The molecule has 0 aromatic carbocycles. The summed E-state index contributed by atoms with van der Waals surface area (Å²) in [7, 11) is 0. The number of thiophene rings is 1. The van der Waals surface area contributed by atoms with Crippen molar-refractivity contribution in [3.63, 3.8) is 0 Å². The van der Waals surface area contributed by atoms with Crippen LogP contribution >= 0.6 is 22.9 Å². The van der Waals surface area contributed by atoms with Gasteiger partial charge in [0.05, 0.1) is 9.90 Å². The summed E-state index contributed by atoms with van der Waals surface area (Å²) in [5.41, 5.74) is 0. The minimum absolute atomic E-state index is 0.126. The molecule has 0 unspecified atom stereocenters. The maximum atomic E-state index is 11.2. The normalized spacial score (nSPS) is 17.6. The van der Waals surface area contributed by atoms with E-state index in [0.717, 1.165) is 9.90 Å². The fourth-order valence-corrected chi connectivity index (χ4v) is 3.58. The Kier molecular flexibility index (Phi) is 2.93. The van der Waals surface area contributed by atoms with Gasteiger partial charge in [0, 0.05) is 4.88 Å². The van der Waals surface area contributed by atoms with Crippen LogP contribution in [0.1, 0.15) is 53.1 Å². The van der Waals surface area contributed by atoms with Gasteiger partial charge in [0.1, 0.15) is 0 Å². The summed E-state index contributed by atoms with van der Waals surface area (Å²) in [6, 6.07) is 1.82. The molecular formula is C11H13ClOS. The van der Waals surface area contributed by atoms with Crippen LogP contribution in [0.25, 0.3) is 0 Å². The van der Waals surface area contributed by atoms with E-state index in [1.165, 1.54) is 30.6 Å². The molecule has 0 bridgehead atoms. The SMILES string of the molecule is CC(=O)c1cc(Cl)c(C2CCCC2)s1. The van der Waals surface area contributed by atoms with E-state index in [0.29, 0.717) is 5.92 Å². The minimum atomic E-state index is 0.126. The third kappa shape index (κ3) is 1.86. The molecule has 76 valence electrons. The van der Waals surface area contributed by atoms with Gasteiger partial charge in [0.25, 0.3) is 0 Å². The number of rotatable bonds is 2. The van der Waals surface area contributed by atoms with Gasteiger partial charge in [0.2, 0.25) is 0 Å². The second-order valence-corrected chi connectivity index (χ2v) is 5.35. The molecule has 0 N–H and O–H groups in total. The Labute approximate surface area is 93.1 Å². The van der Waals surface area contributed by atoms with Gasteiger partial charge >= 0.3 is 0 Å². The molecule has 0 spiro atoms. The molecule has 0 atom stereocenters. The van der Waals surface area contributed by atoms with Gasteiger partial charge in [-0.15, -0.1) is 11.3 Å². The van der Waals surface area contributed by atoms with Gasteiger partial charge in [-0.2, -0.15) is 0 Å². The molecular weight excluding hydrogens is 216 g/mol. The zero-order valence-corrected chi connectivity index (χ0v) is 9.75. The van der Waals surface area contributed by atoms with Gasteiger partial charge in [-0.1, -0.05) is 24.4 Å². The second-order valence-electron chi connectivity index (χ2n) is 3.86. The van der Waals surface area contributed by atoms with Crippen molar-refractivity contribution in [3.05, 3.63) is 20.8 Å². The summed E-state index contributed by atoms with van der Waals surface area (Å²) in [4.78, 5) is 13.2. The van der Waals surface area contributed by atoms with Crippen LogP contribution in [0.15, 0.2) is 6.07 Å². The third-order valence-corrected chi connectivity index (χ3v) is 4.61. The van der Waals surface area contributed by atoms with Crippen LogP contribution in [0.4, 0.5) is 0 Å². The van der Waals surface area contributed by atoms with Gasteiger partial charge in [0.15, 0.2) is 5.78 Å². The molecule has 1 heterocycles. The number of hydrogen-bond donors (Lipinski definition) is 0. The number of ketones is 1. The molecule has 3 heteroatoms. The Morgan fingerprint density at radius 2 is 2.14 bits per heavy atom. The van der Waals surface area contributed by atoms with E-state index in [1.807, 2.05) is 6.07 Å². The predicted octanol–water partition coefficient (Wildman–Crippen LogP) is 4.26. The Bertz CT molecular complexity index is 350. The van der Waals surface area contributed by atoms with Gasteiger partial charge in [-0.3, -0.25) is 4.79 Å². The molecule has 0 aliphatic heterocycles. The molecule has 1 aliphatic carbocycles. The second kappa shape index (κ2) is 4.03. The number of Topliss-reactive ketones (excluding diaryl/α,β-unsaturated/α-hetero) is 1. The van der Waals surface area contributed by atoms with E-state index < -0.39 is 0 Å². The monoisotopic (exact) mass is 228 g/mol. The molecule has 0 radical (unpaired) electrons. The number of carbonyl (C=O) groups excluding carboxylic acids is 1. The highest BCUT2D eigenvalue weighted by Gasteiger charge is 2.22. The lowest BCUT2D eigenvalue weighted by Crippen LogP contribution is -1.87. The quantitative estimate of drug-likeness (QED) is 0.692. The topological polar surface area (TPSA) is 17.1 Å². The van der Waals surface area contributed by atoms with Gasteiger partial charge in [-0.25, -0.2) is 0 Å². The first kappa shape index (κ1) is 10.2. The zero-order valence-electron chi connectivity index (χ0n) is 8.18. The first-order valence-corrected chi connectivity index (χ1v) is 6.18. The molecule has 2 rings (SSSR count). The molecule has 14 heavy (non-hydrogen) atoms. The standard InChI is InChI=1S/C11H13ClOS/c1-7(13)10-6-9(12)11(14-10)8-4-2-3-5-8/h6,8H,2-5H2,1H3. The molecule has 1 aliphatic rings. The van der Waals surface area contributed by atoms with Crippen LogP contribution in [0.3, 0.4) is 0 Å². The highest BCUT2D eigenvalue weighted by Crippen LogP contribution is 2.42. The Morgan fingerprint density at radius 1 is 1.50 bits per heavy atom. The van der Waals surface area contributed by atoms with Crippen LogP contribution < -0.4 is 0 Å². The van der Waals surface area contributed by atoms with Crippen molar-refractivity contribution in [2.45, 2.75) is 38.5 Å². The summed E-state index contributed by atoms with van der Waals surface area (Å²) in [5.74, 6) is 0.738. The van der Waals surface area contributed by atoms with E-state index in [-0.39, 0.29) is 5.78 Å². The highest BCUT2D eigenvalue weighted by atomic mass is 35.5. The molecule has 0 amide bonds. The fraction of sp³-hybridized carbons (Fsp3) is 0.545. The molecule has 1 saturated carbocycles. The first-order chi connectivity index (χ1) is 6.68. The number of carbonyl (C=O) groups is 1. The maximum Gasteiger partial charge on any atom is 0.169 e. The van der Waals surface area contributed by atoms with Gasteiger partial charge in [-0.05, 0) is 31.7 Å². The van der Waals surface area contributed by atoms with Crippen LogP contribution in [-0.4, -0.2) is 5.78 Å². The zero-order chi connectivity index (χ0) is 10.1. The summed E-state index contributed by atoms with van der Waals surface area (Å²) >= 11 is 7.71. The largest absolute Gasteiger partial charge is 0.294 e. The molecule has 0 saturated heterocycles. The summed E-state index contributed by atoms with van der Waals surface area (Å²) in [6.45, 7) is 1.60. The van der Waals surface area contributed by atoms with E-state index >= 15 is 0 Å². The Morgan fingerprint density at radius 3 is 2.64 bits per heavy atom. The first-order valence-electron chi connectivity index (χ1n) is 4.98. The highest BCUT2D eigenvalue weighted by molar-refractivity contribution is 7.14. The molecule has 1 aromatic heterocycles. The average molecular weight is 229 g/mol. The summed E-state index contributed by atoms with van der Waals surface area (Å²) in [5, 5.41) is 0.798. The van der Waals surface area contributed by atoms with Crippen LogP contribution in [0, 0.1) is 0 Å². The molecule has 1 aromatic rings. The van der Waals surface area contributed by atoms with Crippen molar-refractivity contribution in [3.8, 4) is 0 Å². The number of halogens is 1. The lowest BCUT2D eigenvalue weighted by Gasteiger charge is -2.05. The lowest BCUT2D eigenvalue weighted by atomic mass is 10.1. The van der Waals surface area contributed by atoms with E-state index in [1.54, 1.807) is 18.3 Å². The minimum Gasteiger partial charge on any atom is -0.294 e. The summed E-state index contributed by atoms with van der Waals surface area (Å²) < 4.78 is 0. The Balaban J connectivity index is 2.28. The van der Waals surface area contributed by atoms with Crippen molar-refractivity contribution >= 4 is 28.7 Å². The molecule has 1 fully saturated rings. The van der Waals surface area contributed by atoms with Crippen LogP contribution in [0.5, 0.6) is 0 Å². The van der Waals surface area contributed by atoms with Crippen molar-refractivity contribution in [2.75, 3.05) is 0 Å². The van der Waals surface area contributed by atoms with E-state index in [9.17, 15) is 4.79 Å². The van der Waals surface area contributed by atoms with Crippen molar-refractivity contribution in [1.29, 1.82) is 0 Å². The average Bonchev–Trinajstić information content (AvgIpc) is 2.71. The van der Waals surface area contributed by atoms with Crippen molar-refractivity contribution < 1.29 is 4.79 Å². The molecule has 1 nitrogen and oxygen atoms in total.